The van der Waals surface area contributed by atoms with Crippen LogP contribution in [0.2, 0.25) is 0 Å². The Morgan fingerprint density at radius 2 is 1.95 bits per heavy atom. The smallest absolute Gasteiger partial charge is 0.269 e. The molecule has 0 aromatic carbocycles. The van der Waals surface area contributed by atoms with Crippen molar-refractivity contribution in [3.8, 4) is 10.4 Å². The fourth-order valence-corrected chi connectivity index (χ4v) is 7.30. The number of fused-ring (bicyclic) bond motifs is 1. The number of pyridine rings is 1. The Balaban J connectivity index is 1.28. The van der Waals surface area contributed by atoms with Gasteiger partial charge in [-0.15, -0.1) is 22.7 Å². The first-order chi connectivity index (χ1) is 19.0. The number of hydrogen-bond donors (Lipinski definition) is 4. The summed E-state index contributed by atoms with van der Waals surface area (Å²) in [7, 11) is 0. The molecule has 204 valence electrons. The summed E-state index contributed by atoms with van der Waals surface area (Å²) in [6.07, 6.45) is 7.51. The zero-order valence-electron chi connectivity index (χ0n) is 21.3. The number of nitrogens with two attached hydrogens (primary N) is 2. The van der Waals surface area contributed by atoms with Gasteiger partial charge >= 0.3 is 0 Å². The van der Waals surface area contributed by atoms with Crippen LogP contribution in [0, 0.1) is 0 Å². The van der Waals surface area contributed by atoms with E-state index in [2.05, 4.69) is 20.5 Å². The number of nitrogens with zero attached hydrogens (tertiary/aromatic N) is 2. The fraction of sp³-hybridized carbons (Fsp3) is 0.370. The van der Waals surface area contributed by atoms with Crippen LogP contribution in [0.5, 0.6) is 0 Å². The quantitative estimate of drug-likeness (QED) is 0.256. The Labute approximate surface area is 233 Å². The molecule has 2 aliphatic rings. The summed E-state index contributed by atoms with van der Waals surface area (Å²) in [5.41, 5.74) is 14.5. The molecule has 6 rings (SSSR count). The van der Waals surface area contributed by atoms with Gasteiger partial charge in [0.2, 0.25) is 5.43 Å². The van der Waals surface area contributed by atoms with Crippen LogP contribution in [0.3, 0.4) is 0 Å². The lowest BCUT2D eigenvalue weighted by Gasteiger charge is -2.30. The summed E-state index contributed by atoms with van der Waals surface area (Å²) >= 11 is 3.04. The maximum absolute atomic E-state index is 12.8. The first-order valence-electron chi connectivity index (χ1n) is 13.0. The maximum Gasteiger partial charge on any atom is 0.269 e. The van der Waals surface area contributed by atoms with Gasteiger partial charge in [0, 0.05) is 41.7 Å². The van der Waals surface area contributed by atoms with Crippen LogP contribution >= 0.6 is 22.7 Å². The van der Waals surface area contributed by atoms with Crippen molar-refractivity contribution < 1.29 is 13.9 Å². The molecule has 39 heavy (non-hydrogen) atoms. The summed E-state index contributed by atoms with van der Waals surface area (Å²) in [5.74, 6) is -0.614. The number of anilines is 4. The lowest BCUT2D eigenvalue weighted by Crippen LogP contribution is -2.42. The second-order valence-corrected chi connectivity index (χ2v) is 11.9. The summed E-state index contributed by atoms with van der Waals surface area (Å²) in [4.78, 5) is 32.4. The molecule has 2 atom stereocenters. The average Bonchev–Trinajstić information content (AvgIpc) is 3.58. The summed E-state index contributed by atoms with van der Waals surface area (Å²) < 4.78 is 12.0. The van der Waals surface area contributed by atoms with E-state index in [4.69, 9.17) is 20.6 Å². The third-order valence-corrected chi connectivity index (χ3v) is 9.40. The van der Waals surface area contributed by atoms with Crippen molar-refractivity contribution in [2.75, 3.05) is 41.8 Å². The van der Waals surface area contributed by atoms with Gasteiger partial charge in [-0.2, -0.15) is 0 Å². The van der Waals surface area contributed by atoms with Crippen LogP contribution in [-0.4, -0.2) is 49.3 Å². The third kappa shape index (κ3) is 5.37. The monoisotopic (exact) mass is 566 g/mol. The predicted molar refractivity (Wildman–Crippen MR) is 157 cm³/mol. The predicted octanol–water partition coefficient (Wildman–Crippen LogP) is 4.34. The molecule has 4 aromatic heterocycles. The van der Waals surface area contributed by atoms with Crippen molar-refractivity contribution in [1.29, 1.82) is 0 Å². The van der Waals surface area contributed by atoms with Crippen LogP contribution in [0.4, 0.5) is 21.4 Å². The molecular weight excluding hydrogens is 536 g/mol. The van der Waals surface area contributed by atoms with Crippen molar-refractivity contribution in [1.82, 2.24) is 4.98 Å². The van der Waals surface area contributed by atoms with Crippen molar-refractivity contribution >= 4 is 60.2 Å². The first kappa shape index (κ1) is 25.8. The van der Waals surface area contributed by atoms with Gasteiger partial charge in [-0.1, -0.05) is 12.8 Å². The Hall–Kier alpha value is -3.45. The minimum atomic E-state index is -0.614. The van der Waals surface area contributed by atoms with Gasteiger partial charge in [0.15, 0.2) is 11.3 Å². The Bertz CT molecular complexity index is 1560. The van der Waals surface area contributed by atoms with E-state index in [-0.39, 0.29) is 23.2 Å². The van der Waals surface area contributed by atoms with Gasteiger partial charge in [-0.25, -0.2) is 4.98 Å². The van der Waals surface area contributed by atoms with Crippen molar-refractivity contribution in [2.45, 2.75) is 37.8 Å². The fourth-order valence-electron chi connectivity index (χ4n) is 5.11. The van der Waals surface area contributed by atoms with Crippen LogP contribution in [0.15, 0.2) is 45.9 Å². The molecule has 0 spiro atoms. The highest BCUT2D eigenvalue weighted by atomic mass is 32.1. The number of rotatable bonds is 7. The SMILES string of the molecule is NC(=O)c1ncc(N[C@H]2CCCC[C@H]2N)cc1Nc1ccc(-c2coc3c(=O)cc(N4CCOCC4)sc23)s1. The third-order valence-electron chi connectivity index (χ3n) is 7.18. The number of furan rings is 1. The second kappa shape index (κ2) is 11.0. The van der Waals surface area contributed by atoms with E-state index in [0.29, 0.717) is 24.5 Å². The van der Waals surface area contributed by atoms with Gasteiger partial charge in [0.05, 0.1) is 45.5 Å². The molecule has 4 aromatic rings. The number of carbonyl (C=O) groups excluding carboxylic acids is 1. The lowest BCUT2D eigenvalue weighted by molar-refractivity contribution is 0.0996. The Morgan fingerprint density at radius 1 is 1.13 bits per heavy atom. The van der Waals surface area contributed by atoms with Crippen LogP contribution in [0.25, 0.3) is 20.7 Å². The largest absolute Gasteiger partial charge is 0.459 e. The molecule has 10 nitrogen and oxygen atoms in total. The summed E-state index contributed by atoms with van der Waals surface area (Å²) in [6.45, 7) is 2.78. The van der Waals surface area contributed by atoms with E-state index in [1.54, 1.807) is 29.9 Å². The highest BCUT2D eigenvalue weighted by Gasteiger charge is 2.23. The zero-order chi connectivity index (χ0) is 26.9. The highest BCUT2D eigenvalue weighted by molar-refractivity contribution is 7.23. The molecular formula is C27H30N6O4S2. The van der Waals surface area contributed by atoms with Crippen LogP contribution in [-0.2, 0) is 4.74 Å². The van der Waals surface area contributed by atoms with Crippen molar-refractivity contribution in [3.63, 3.8) is 0 Å². The van der Waals surface area contributed by atoms with E-state index in [1.807, 2.05) is 18.2 Å². The topological polar surface area (TPSA) is 149 Å². The van der Waals surface area contributed by atoms with Crippen LogP contribution < -0.4 is 32.4 Å². The van der Waals surface area contributed by atoms with Gasteiger partial charge in [0.25, 0.3) is 5.91 Å². The molecule has 12 heteroatoms. The number of morpholine rings is 1. The minimum Gasteiger partial charge on any atom is -0.459 e. The molecule has 1 aliphatic heterocycles. The Morgan fingerprint density at radius 3 is 2.74 bits per heavy atom. The number of nitrogens with one attached hydrogen (secondary N) is 2. The Kier molecular flexibility index (Phi) is 7.26. The number of thiophene rings is 1. The van der Waals surface area contributed by atoms with Gasteiger partial charge < -0.3 is 36.2 Å². The van der Waals surface area contributed by atoms with E-state index in [1.165, 1.54) is 11.3 Å². The maximum atomic E-state index is 12.8. The molecule has 1 saturated carbocycles. The van der Waals surface area contributed by atoms with Crippen molar-refractivity contribution in [2.24, 2.45) is 11.5 Å². The molecule has 1 amide bonds. The number of hydrogen-bond acceptors (Lipinski definition) is 11. The molecule has 2 fully saturated rings. The standard InChI is InChI=1S/C27H30N6O4S2/c28-17-3-1-2-4-18(17)31-15-11-19(24(27(29)35)30-13-15)32-22-6-5-21(38-22)16-14-37-25-20(34)12-23(39-26(16)25)33-7-9-36-10-8-33/h5-6,11-14,17-18,31-32H,1-4,7-10,28H2,(H2,29,35)/t17-,18+/m1/s1. The minimum absolute atomic E-state index is 0.0788. The average molecular weight is 567 g/mol. The molecule has 5 heterocycles. The number of carbonyl (C=O) groups is 1. The molecule has 6 N–H and O–H groups in total. The normalized spacial score (nSPS) is 19.8. The highest BCUT2D eigenvalue weighted by Crippen LogP contribution is 2.41. The molecule has 1 aliphatic carbocycles. The number of ether oxygens (including phenoxy) is 1. The lowest BCUT2D eigenvalue weighted by atomic mass is 9.91. The first-order valence-corrected chi connectivity index (χ1v) is 14.7. The number of aromatic nitrogens is 1. The zero-order valence-corrected chi connectivity index (χ0v) is 22.9. The van der Waals surface area contributed by atoms with Crippen molar-refractivity contribution in [3.05, 3.63) is 52.6 Å². The van der Waals surface area contributed by atoms with E-state index in [9.17, 15) is 9.59 Å². The molecule has 1 saturated heterocycles. The van der Waals surface area contributed by atoms with Crippen LogP contribution in [0.1, 0.15) is 36.2 Å². The van der Waals surface area contributed by atoms with E-state index < -0.39 is 5.91 Å². The molecule has 0 radical (unpaired) electrons. The number of amides is 1. The summed E-state index contributed by atoms with van der Waals surface area (Å²) in [5, 5.41) is 8.51. The second-order valence-electron chi connectivity index (χ2n) is 9.83. The van der Waals surface area contributed by atoms with Gasteiger partial charge in [-0.05, 0) is 31.0 Å². The molecule has 0 bridgehead atoms. The van der Waals surface area contributed by atoms with Gasteiger partial charge in [-0.3, -0.25) is 9.59 Å². The summed E-state index contributed by atoms with van der Waals surface area (Å²) in [6, 6.07) is 7.62. The van der Waals surface area contributed by atoms with Gasteiger partial charge in [0.1, 0.15) is 6.26 Å². The molecule has 0 unspecified atom stereocenters. The van der Waals surface area contributed by atoms with E-state index in [0.717, 1.165) is 69.6 Å². The van der Waals surface area contributed by atoms with E-state index >= 15 is 0 Å². The number of primary amides is 1.